The zero-order chi connectivity index (χ0) is 31.1. The molecule has 0 atom stereocenters. The second-order valence-electron chi connectivity index (χ2n) is 9.22. The molecule has 1 aliphatic heterocycles. The Morgan fingerprint density at radius 1 is 0.837 bits per heavy atom. The molecule has 220 valence electrons. The van der Waals surface area contributed by atoms with Crippen molar-refractivity contribution in [1.29, 1.82) is 0 Å². The molecule has 17 heteroatoms. The maximum absolute atomic E-state index is 14.3. The predicted octanol–water partition coefficient (Wildman–Crippen LogP) is 6.84. The lowest BCUT2D eigenvalue weighted by molar-refractivity contribution is -0.143. The molecular weight excluding hydrogens is 599 g/mol. The van der Waals surface area contributed by atoms with Crippen molar-refractivity contribution in [3.63, 3.8) is 0 Å². The smallest absolute Gasteiger partial charge is 0.321 e. The first-order valence-electron chi connectivity index (χ1n) is 11.8. The molecule has 6 rings (SSSR count). The number of rotatable bonds is 3. The van der Waals surface area contributed by atoms with Gasteiger partial charge in [0.2, 0.25) is 0 Å². The highest BCUT2D eigenvalue weighted by Gasteiger charge is 2.42. The molecule has 0 bridgehead atoms. The van der Waals surface area contributed by atoms with Crippen molar-refractivity contribution in [3.05, 3.63) is 83.1 Å². The number of carbonyl (C=O) groups is 2. The van der Waals surface area contributed by atoms with Gasteiger partial charge >= 0.3 is 18.5 Å². The SMILES string of the molecule is O=C(Nc1cnc2c(C(F)(F)F)cnc(C(F)(F)F)c2c1)c1cnn(-c2ccc3c4c(cccc24)C(=O)N3)c1C(F)(F)F. The summed E-state index contributed by atoms with van der Waals surface area (Å²) in [4.78, 5) is 31.5. The van der Waals surface area contributed by atoms with Crippen LogP contribution in [0.15, 0.2) is 55.0 Å². The predicted molar refractivity (Wildman–Crippen MR) is 132 cm³/mol. The lowest BCUT2D eigenvalue weighted by atomic mass is 10.0. The van der Waals surface area contributed by atoms with Gasteiger partial charge in [-0.1, -0.05) is 12.1 Å². The van der Waals surface area contributed by atoms with E-state index in [-0.39, 0.29) is 22.8 Å². The highest BCUT2D eigenvalue weighted by Crippen LogP contribution is 2.41. The lowest BCUT2D eigenvalue weighted by Crippen LogP contribution is -2.21. The van der Waals surface area contributed by atoms with E-state index in [1.54, 1.807) is 0 Å². The number of hydrogen-bond acceptors (Lipinski definition) is 5. The minimum atomic E-state index is -5.23. The molecule has 2 aromatic carbocycles. The maximum Gasteiger partial charge on any atom is 0.434 e. The van der Waals surface area contributed by atoms with Crippen molar-refractivity contribution in [2.75, 3.05) is 10.6 Å². The van der Waals surface area contributed by atoms with Crippen molar-refractivity contribution < 1.29 is 49.1 Å². The summed E-state index contributed by atoms with van der Waals surface area (Å²) < 4.78 is 124. The molecular formula is C26H11F9N6O2. The molecule has 4 heterocycles. The molecule has 0 unspecified atom stereocenters. The standard InChI is InChI=1S/C26H11F9N6O2/c27-24(28,29)15-9-37-20(25(30,31)32)13-6-10(7-36-19(13)15)39-23(43)14-8-38-41(21(14)26(33,34)35)17-5-4-16-18-11(17)2-1-3-12(18)22(42)40-16/h1-9H,(H,39,43)(H,40,42). The van der Waals surface area contributed by atoms with Gasteiger partial charge in [-0.15, -0.1) is 0 Å². The fraction of sp³-hybridized carbons (Fsp3) is 0.115. The number of nitrogens with zero attached hydrogens (tertiary/aromatic N) is 4. The van der Waals surface area contributed by atoms with Crippen molar-refractivity contribution in [1.82, 2.24) is 19.7 Å². The largest absolute Gasteiger partial charge is 0.434 e. The number of amides is 2. The molecule has 0 saturated heterocycles. The van der Waals surface area contributed by atoms with Crippen LogP contribution in [0.3, 0.4) is 0 Å². The van der Waals surface area contributed by atoms with E-state index < -0.39 is 69.4 Å². The third kappa shape index (κ3) is 4.56. The van der Waals surface area contributed by atoms with Crippen molar-refractivity contribution in [2.24, 2.45) is 0 Å². The molecule has 5 aromatic rings. The number of benzene rings is 2. The van der Waals surface area contributed by atoms with E-state index in [0.717, 1.165) is 0 Å². The number of pyridine rings is 2. The van der Waals surface area contributed by atoms with Crippen LogP contribution in [0, 0.1) is 0 Å². The van der Waals surface area contributed by atoms with Gasteiger partial charge in [0.05, 0.1) is 34.8 Å². The summed E-state index contributed by atoms with van der Waals surface area (Å²) in [5.41, 5.74) is -7.30. The van der Waals surface area contributed by atoms with Crippen LogP contribution in [0.5, 0.6) is 0 Å². The van der Waals surface area contributed by atoms with Crippen LogP contribution in [0.25, 0.3) is 27.4 Å². The zero-order valence-electron chi connectivity index (χ0n) is 20.7. The molecule has 0 aliphatic carbocycles. The van der Waals surface area contributed by atoms with E-state index in [4.69, 9.17) is 0 Å². The van der Waals surface area contributed by atoms with Gasteiger partial charge in [-0.3, -0.25) is 19.6 Å². The highest BCUT2D eigenvalue weighted by atomic mass is 19.4. The van der Waals surface area contributed by atoms with E-state index in [1.165, 1.54) is 30.3 Å². The van der Waals surface area contributed by atoms with Gasteiger partial charge in [-0.2, -0.15) is 44.6 Å². The van der Waals surface area contributed by atoms with Gasteiger partial charge in [0.1, 0.15) is 5.56 Å². The molecule has 0 fully saturated rings. The van der Waals surface area contributed by atoms with Crippen LogP contribution in [-0.2, 0) is 18.5 Å². The molecule has 0 radical (unpaired) electrons. The number of nitrogens with one attached hydrogen (secondary N) is 2. The van der Waals surface area contributed by atoms with Crippen LogP contribution in [0.4, 0.5) is 50.9 Å². The fourth-order valence-electron chi connectivity index (χ4n) is 4.85. The van der Waals surface area contributed by atoms with Crippen molar-refractivity contribution >= 4 is 44.9 Å². The highest BCUT2D eigenvalue weighted by molar-refractivity contribution is 6.25. The minimum absolute atomic E-state index is 0.0351. The summed E-state index contributed by atoms with van der Waals surface area (Å²) in [7, 11) is 0. The van der Waals surface area contributed by atoms with Gasteiger partial charge in [-0.05, 0) is 24.3 Å². The molecule has 0 saturated carbocycles. The third-order valence-electron chi connectivity index (χ3n) is 6.57. The Labute approximate surface area is 232 Å². The molecule has 8 nitrogen and oxygen atoms in total. The number of anilines is 2. The summed E-state index contributed by atoms with van der Waals surface area (Å²) in [5.74, 6) is -1.96. The van der Waals surface area contributed by atoms with Crippen molar-refractivity contribution in [2.45, 2.75) is 18.5 Å². The summed E-state index contributed by atoms with van der Waals surface area (Å²) in [6.45, 7) is 0. The van der Waals surface area contributed by atoms with Crippen LogP contribution < -0.4 is 10.6 Å². The molecule has 3 aromatic heterocycles. The van der Waals surface area contributed by atoms with E-state index >= 15 is 0 Å². The molecule has 2 amide bonds. The van der Waals surface area contributed by atoms with Crippen molar-refractivity contribution in [3.8, 4) is 5.69 Å². The van der Waals surface area contributed by atoms with E-state index in [1.807, 2.05) is 5.32 Å². The first-order valence-corrected chi connectivity index (χ1v) is 11.8. The second kappa shape index (κ2) is 9.14. The monoisotopic (exact) mass is 610 g/mol. The summed E-state index contributed by atoms with van der Waals surface area (Å²) in [5, 5.41) is 7.65. The Kier molecular flexibility index (Phi) is 5.94. The Bertz CT molecular complexity index is 1990. The van der Waals surface area contributed by atoms with E-state index in [2.05, 4.69) is 20.4 Å². The summed E-state index contributed by atoms with van der Waals surface area (Å²) in [6, 6.07) is 7.45. The Balaban J connectivity index is 1.45. The number of halogens is 9. The first kappa shape index (κ1) is 27.9. The first-order chi connectivity index (χ1) is 20.1. The summed E-state index contributed by atoms with van der Waals surface area (Å²) >= 11 is 0. The van der Waals surface area contributed by atoms with Crippen LogP contribution in [0.1, 0.15) is 37.7 Å². The topological polar surface area (TPSA) is 102 Å². The zero-order valence-corrected chi connectivity index (χ0v) is 20.7. The van der Waals surface area contributed by atoms with Gasteiger partial charge in [-0.25, -0.2) is 4.68 Å². The van der Waals surface area contributed by atoms with E-state index in [9.17, 15) is 49.1 Å². The molecule has 0 spiro atoms. The summed E-state index contributed by atoms with van der Waals surface area (Å²) in [6.07, 6.45) is -14.4. The van der Waals surface area contributed by atoms with E-state index in [0.29, 0.717) is 34.2 Å². The normalized spacial score (nSPS) is 13.6. The second-order valence-corrected chi connectivity index (χ2v) is 9.22. The lowest BCUT2D eigenvalue weighted by Gasteiger charge is -2.16. The molecule has 43 heavy (non-hydrogen) atoms. The van der Waals surface area contributed by atoms with Crippen LogP contribution >= 0.6 is 0 Å². The average molecular weight is 610 g/mol. The Hall–Kier alpha value is -5.22. The number of alkyl halides is 9. The quantitative estimate of drug-likeness (QED) is 0.218. The third-order valence-corrected chi connectivity index (χ3v) is 6.57. The van der Waals surface area contributed by atoms with Gasteiger partial charge < -0.3 is 10.6 Å². The maximum atomic E-state index is 14.3. The Morgan fingerprint density at radius 3 is 2.26 bits per heavy atom. The average Bonchev–Trinajstić information content (AvgIpc) is 3.50. The van der Waals surface area contributed by atoms with Crippen LogP contribution in [-0.4, -0.2) is 31.6 Å². The van der Waals surface area contributed by atoms with Gasteiger partial charge in [0.25, 0.3) is 11.8 Å². The molecule has 2 N–H and O–H groups in total. The number of aromatic nitrogens is 4. The number of hydrogen-bond donors (Lipinski definition) is 2. The van der Waals surface area contributed by atoms with Gasteiger partial charge in [0, 0.05) is 33.6 Å². The fourth-order valence-corrected chi connectivity index (χ4v) is 4.85. The molecule has 1 aliphatic rings. The number of fused-ring (bicyclic) bond motifs is 1. The number of carbonyl (C=O) groups excluding carboxylic acids is 2. The van der Waals surface area contributed by atoms with Gasteiger partial charge in [0.15, 0.2) is 11.4 Å². The minimum Gasteiger partial charge on any atom is -0.321 e. The Morgan fingerprint density at radius 2 is 1.58 bits per heavy atom. The van der Waals surface area contributed by atoms with Crippen LogP contribution in [0.2, 0.25) is 0 Å².